The van der Waals surface area contributed by atoms with Crippen LogP contribution in [0, 0.1) is 5.82 Å². The largest absolute Gasteiger partial charge is 0.375 e. The molecule has 0 unspecified atom stereocenters. The van der Waals surface area contributed by atoms with E-state index >= 15 is 0 Å². The summed E-state index contributed by atoms with van der Waals surface area (Å²) < 4.78 is 41.8. The standard InChI is InChI=1S/C10H13BrFNO3S/c1-6(17(13,14)15)10(16-2)8-4-3-7(11)5-9(8)12/h3-6,10H,1-2H3,(H2,13,14,15)/t6-,10-/m0/s1. The van der Waals surface area contributed by atoms with Crippen molar-refractivity contribution in [1.29, 1.82) is 0 Å². The summed E-state index contributed by atoms with van der Waals surface area (Å²) in [5.74, 6) is -0.540. The van der Waals surface area contributed by atoms with Crippen molar-refractivity contribution >= 4 is 26.0 Å². The van der Waals surface area contributed by atoms with Gasteiger partial charge < -0.3 is 4.74 Å². The van der Waals surface area contributed by atoms with Gasteiger partial charge in [0.15, 0.2) is 0 Å². The van der Waals surface area contributed by atoms with Crippen LogP contribution in [0.15, 0.2) is 22.7 Å². The molecule has 1 rings (SSSR count). The fourth-order valence-corrected chi connectivity index (χ4v) is 2.41. The summed E-state index contributed by atoms with van der Waals surface area (Å²) in [6.07, 6.45) is -0.932. The monoisotopic (exact) mass is 325 g/mol. The van der Waals surface area contributed by atoms with E-state index in [1.807, 2.05) is 0 Å². The second-order valence-electron chi connectivity index (χ2n) is 3.62. The summed E-state index contributed by atoms with van der Waals surface area (Å²) in [7, 11) is -2.48. The quantitative estimate of drug-likeness (QED) is 0.919. The van der Waals surface area contributed by atoms with Crippen molar-refractivity contribution in [1.82, 2.24) is 0 Å². The van der Waals surface area contributed by atoms with Gasteiger partial charge in [-0.2, -0.15) is 0 Å². The van der Waals surface area contributed by atoms with E-state index < -0.39 is 27.2 Å². The van der Waals surface area contributed by atoms with E-state index in [0.717, 1.165) is 0 Å². The third kappa shape index (κ3) is 3.48. The lowest BCUT2D eigenvalue weighted by Crippen LogP contribution is -2.32. The molecule has 1 aromatic rings. The van der Waals surface area contributed by atoms with Gasteiger partial charge in [0, 0.05) is 17.1 Å². The Hall–Kier alpha value is -0.500. The van der Waals surface area contributed by atoms with Gasteiger partial charge in [0.2, 0.25) is 10.0 Å². The Kier molecular flexibility index (Phi) is 4.65. The minimum absolute atomic E-state index is 0.164. The minimum atomic E-state index is -3.79. The van der Waals surface area contributed by atoms with Crippen molar-refractivity contribution in [3.05, 3.63) is 34.1 Å². The highest BCUT2D eigenvalue weighted by atomic mass is 79.9. The maximum Gasteiger partial charge on any atom is 0.214 e. The van der Waals surface area contributed by atoms with Crippen molar-refractivity contribution < 1.29 is 17.5 Å². The molecule has 0 bridgehead atoms. The predicted molar refractivity (Wildman–Crippen MR) is 66.4 cm³/mol. The number of primary sulfonamides is 1. The molecule has 0 heterocycles. The van der Waals surface area contributed by atoms with Crippen molar-refractivity contribution in [3.63, 3.8) is 0 Å². The molecule has 2 atom stereocenters. The third-order valence-corrected chi connectivity index (χ3v) is 4.24. The molecule has 4 nitrogen and oxygen atoms in total. The number of benzene rings is 1. The van der Waals surface area contributed by atoms with Crippen LogP contribution in [0.25, 0.3) is 0 Å². The van der Waals surface area contributed by atoms with Crippen LogP contribution in [-0.4, -0.2) is 20.8 Å². The number of methoxy groups -OCH3 is 1. The van der Waals surface area contributed by atoms with Gasteiger partial charge in [0.1, 0.15) is 17.2 Å². The molecule has 0 aliphatic rings. The molecule has 2 N–H and O–H groups in total. The molecule has 0 saturated heterocycles. The first-order valence-corrected chi connectivity index (χ1v) is 7.17. The van der Waals surface area contributed by atoms with Crippen LogP contribution in [0.4, 0.5) is 4.39 Å². The molecular formula is C10H13BrFNO3S. The molecule has 0 amide bonds. The maximum absolute atomic E-state index is 13.7. The van der Waals surface area contributed by atoms with Gasteiger partial charge in [-0.3, -0.25) is 0 Å². The maximum atomic E-state index is 13.7. The first-order chi connectivity index (χ1) is 7.77. The Morgan fingerprint density at radius 1 is 1.47 bits per heavy atom. The number of hydrogen-bond acceptors (Lipinski definition) is 3. The van der Waals surface area contributed by atoms with Crippen LogP contribution in [0.2, 0.25) is 0 Å². The molecule has 96 valence electrons. The Labute approximate surface area is 108 Å². The summed E-state index contributed by atoms with van der Waals surface area (Å²) in [4.78, 5) is 0. The summed E-state index contributed by atoms with van der Waals surface area (Å²) in [5, 5.41) is 4.01. The first kappa shape index (κ1) is 14.6. The molecule has 1 aromatic carbocycles. The molecule has 7 heteroatoms. The van der Waals surface area contributed by atoms with E-state index in [4.69, 9.17) is 9.88 Å². The number of sulfonamides is 1. The zero-order valence-corrected chi connectivity index (χ0v) is 11.8. The van der Waals surface area contributed by atoms with Gasteiger partial charge in [0.05, 0.1) is 0 Å². The topological polar surface area (TPSA) is 69.4 Å². The first-order valence-electron chi connectivity index (χ1n) is 4.76. The average Bonchev–Trinajstić information content (AvgIpc) is 2.20. The smallest absolute Gasteiger partial charge is 0.214 e. The number of nitrogens with two attached hydrogens (primary N) is 1. The molecule has 17 heavy (non-hydrogen) atoms. The highest BCUT2D eigenvalue weighted by Gasteiger charge is 2.29. The Bertz CT molecular complexity index is 506. The molecule has 0 aliphatic carbocycles. The fraction of sp³-hybridized carbons (Fsp3) is 0.400. The molecule has 0 spiro atoms. The van der Waals surface area contributed by atoms with E-state index in [0.29, 0.717) is 4.47 Å². The zero-order chi connectivity index (χ0) is 13.2. The lowest BCUT2D eigenvalue weighted by molar-refractivity contribution is 0.0991. The minimum Gasteiger partial charge on any atom is -0.375 e. The molecule has 0 saturated carbocycles. The Morgan fingerprint density at radius 2 is 2.06 bits per heavy atom. The van der Waals surface area contributed by atoms with Gasteiger partial charge in [0.25, 0.3) is 0 Å². The number of hydrogen-bond donors (Lipinski definition) is 1. The summed E-state index contributed by atoms with van der Waals surface area (Å²) >= 11 is 3.12. The number of ether oxygens (including phenoxy) is 1. The van der Waals surface area contributed by atoms with E-state index in [2.05, 4.69) is 15.9 Å². The van der Waals surface area contributed by atoms with Crippen molar-refractivity contribution in [2.24, 2.45) is 5.14 Å². The lowest BCUT2D eigenvalue weighted by atomic mass is 10.1. The predicted octanol–water partition coefficient (Wildman–Crippen LogP) is 1.95. The molecular weight excluding hydrogens is 313 g/mol. The summed E-state index contributed by atoms with van der Waals surface area (Å²) in [5.41, 5.74) is 0.164. The van der Waals surface area contributed by atoms with Gasteiger partial charge in [-0.15, -0.1) is 0 Å². The molecule has 0 radical (unpaired) electrons. The van der Waals surface area contributed by atoms with Gasteiger partial charge in [-0.25, -0.2) is 17.9 Å². The summed E-state index contributed by atoms with van der Waals surface area (Å²) in [6.45, 7) is 1.38. The van der Waals surface area contributed by atoms with Gasteiger partial charge >= 0.3 is 0 Å². The van der Waals surface area contributed by atoms with Crippen molar-refractivity contribution in [2.45, 2.75) is 18.3 Å². The van der Waals surface area contributed by atoms with Crippen LogP contribution in [0.1, 0.15) is 18.6 Å². The Balaban J connectivity index is 3.19. The van der Waals surface area contributed by atoms with Crippen LogP contribution >= 0.6 is 15.9 Å². The van der Waals surface area contributed by atoms with Crippen LogP contribution in [0.5, 0.6) is 0 Å². The highest BCUT2D eigenvalue weighted by Crippen LogP contribution is 2.28. The SMILES string of the molecule is CO[C@H](c1ccc(Br)cc1F)[C@H](C)S(N)(=O)=O. The van der Waals surface area contributed by atoms with E-state index in [9.17, 15) is 12.8 Å². The van der Waals surface area contributed by atoms with E-state index in [1.165, 1.54) is 26.2 Å². The van der Waals surface area contributed by atoms with E-state index in [1.54, 1.807) is 6.07 Å². The Morgan fingerprint density at radius 3 is 2.47 bits per heavy atom. The normalized spacial score (nSPS) is 15.6. The summed E-state index contributed by atoms with van der Waals surface area (Å²) in [6, 6.07) is 4.33. The van der Waals surface area contributed by atoms with Gasteiger partial charge in [-0.1, -0.05) is 22.0 Å². The molecule has 0 fully saturated rings. The zero-order valence-electron chi connectivity index (χ0n) is 9.35. The third-order valence-electron chi connectivity index (χ3n) is 2.47. The number of halogens is 2. The number of rotatable bonds is 4. The second-order valence-corrected chi connectivity index (χ2v) is 6.45. The lowest BCUT2D eigenvalue weighted by Gasteiger charge is -2.21. The highest BCUT2D eigenvalue weighted by molar-refractivity contribution is 9.10. The second kappa shape index (κ2) is 5.43. The van der Waals surface area contributed by atoms with Crippen LogP contribution in [0.3, 0.4) is 0 Å². The van der Waals surface area contributed by atoms with Crippen molar-refractivity contribution in [2.75, 3.05) is 7.11 Å². The molecule has 0 aliphatic heterocycles. The van der Waals surface area contributed by atoms with Gasteiger partial charge in [-0.05, 0) is 19.1 Å². The fourth-order valence-electron chi connectivity index (χ4n) is 1.48. The van der Waals surface area contributed by atoms with Crippen LogP contribution < -0.4 is 5.14 Å². The molecule has 0 aromatic heterocycles. The average molecular weight is 326 g/mol. The van der Waals surface area contributed by atoms with E-state index in [-0.39, 0.29) is 5.56 Å². The van der Waals surface area contributed by atoms with Crippen LogP contribution in [-0.2, 0) is 14.8 Å². The van der Waals surface area contributed by atoms with Crippen molar-refractivity contribution in [3.8, 4) is 0 Å².